The van der Waals surface area contributed by atoms with Crippen LogP contribution in [0.15, 0.2) is 41.5 Å². The molecule has 0 fully saturated rings. The predicted octanol–water partition coefficient (Wildman–Crippen LogP) is 2.58. The molecular weight excluding hydrogens is 282 g/mol. The number of para-hydroxylation sites is 1. The second-order valence-electron chi connectivity index (χ2n) is 3.76. The molecule has 0 unspecified atom stereocenters. The van der Waals surface area contributed by atoms with Gasteiger partial charge in [-0.25, -0.2) is 9.78 Å². The number of pyridine rings is 1. The maximum absolute atomic E-state index is 11.0. The van der Waals surface area contributed by atoms with E-state index in [1.807, 2.05) is 0 Å². The molecule has 1 heterocycles. The Labute approximate surface area is 119 Å². The third-order valence-corrected chi connectivity index (χ3v) is 2.61. The van der Waals surface area contributed by atoms with Crippen molar-refractivity contribution in [3.8, 4) is 5.75 Å². The molecule has 0 aliphatic heterocycles. The van der Waals surface area contributed by atoms with Gasteiger partial charge in [0, 0.05) is 5.56 Å². The number of aromatic carboxylic acids is 1. The second-order valence-corrected chi connectivity index (χ2v) is 4.15. The molecule has 0 saturated heterocycles. The smallest absolute Gasteiger partial charge is 0.339 e. The quantitative estimate of drug-likeness (QED) is 0.457. The molecule has 20 heavy (non-hydrogen) atoms. The van der Waals surface area contributed by atoms with Crippen LogP contribution in [0, 0.1) is 0 Å². The van der Waals surface area contributed by atoms with Crippen molar-refractivity contribution in [2.45, 2.75) is 0 Å². The van der Waals surface area contributed by atoms with Crippen molar-refractivity contribution >= 4 is 29.6 Å². The fourth-order valence-corrected chi connectivity index (χ4v) is 1.60. The zero-order valence-corrected chi connectivity index (χ0v) is 10.9. The average Bonchev–Trinajstić information content (AvgIpc) is 2.41. The lowest BCUT2D eigenvalue weighted by Gasteiger charge is -2.04. The molecule has 102 valence electrons. The number of hydrogen-bond donors (Lipinski definition) is 3. The minimum absolute atomic E-state index is 0.0247. The normalized spacial score (nSPS) is 10.7. The molecule has 0 amide bonds. The third-order valence-electron chi connectivity index (χ3n) is 2.40. The first-order valence-electron chi connectivity index (χ1n) is 5.55. The first kappa shape index (κ1) is 13.8. The molecule has 1 aromatic carbocycles. The molecule has 6 nitrogen and oxygen atoms in total. The van der Waals surface area contributed by atoms with Crippen molar-refractivity contribution in [3.05, 3.63) is 52.7 Å². The molecule has 7 heteroatoms. The van der Waals surface area contributed by atoms with E-state index in [0.717, 1.165) is 0 Å². The number of carbonyl (C=O) groups is 1. The van der Waals surface area contributed by atoms with E-state index in [2.05, 4.69) is 15.5 Å². The summed E-state index contributed by atoms with van der Waals surface area (Å²) in [5.74, 6) is -1.05. The SMILES string of the molecule is O=C(O)c1ccc(Cl)nc1N/N=C/c1ccccc1O. The second kappa shape index (κ2) is 6.03. The summed E-state index contributed by atoms with van der Waals surface area (Å²) >= 11 is 5.71. The Morgan fingerprint density at radius 3 is 2.75 bits per heavy atom. The summed E-state index contributed by atoms with van der Waals surface area (Å²) in [6.45, 7) is 0. The summed E-state index contributed by atoms with van der Waals surface area (Å²) in [7, 11) is 0. The first-order chi connectivity index (χ1) is 9.58. The fourth-order valence-electron chi connectivity index (χ4n) is 1.45. The molecule has 2 rings (SSSR count). The van der Waals surface area contributed by atoms with Crippen LogP contribution >= 0.6 is 11.6 Å². The van der Waals surface area contributed by atoms with Gasteiger partial charge in [0.05, 0.1) is 6.21 Å². The summed E-state index contributed by atoms with van der Waals surface area (Å²) in [6, 6.07) is 9.30. The highest BCUT2D eigenvalue weighted by Crippen LogP contribution is 2.17. The van der Waals surface area contributed by atoms with Crippen molar-refractivity contribution in [1.82, 2.24) is 4.98 Å². The Hall–Kier alpha value is -2.60. The Morgan fingerprint density at radius 2 is 2.05 bits per heavy atom. The number of carboxylic acid groups (broad SMARTS) is 1. The van der Waals surface area contributed by atoms with Gasteiger partial charge in [0.15, 0.2) is 5.82 Å². The third kappa shape index (κ3) is 3.24. The van der Waals surface area contributed by atoms with Crippen molar-refractivity contribution in [3.63, 3.8) is 0 Å². The van der Waals surface area contributed by atoms with Crippen LogP contribution in [-0.4, -0.2) is 27.4 Å². The number of aromatic hydroxyl groups is 1. The van der Waals surface area contributed by atoms with Gasteiger partial charge in [-0.3, -0.25) is 5.43 Å². The topological polar surface area (TPSA) is 94.8 Å². The molecule has 0 aliphatic rings. The van der Waals surface area contributed by atoms with Crippen LogP contribution in [0.3, 0.4) is 0 Å². The Balaban J connectivity index is 2.21. The van der Waals surface area contributed by atoms with Gasteiger partial charge in [-0.05, 0) is 24.3 Å². The van der Waals surface area contributed by atoms with Crippen LogP contribution in [0.5, 0.6) is 5.75 Å². The molecule has 0 spiro atoms. The summed E-state index contributed by atoms with van der Waals surface area (Å²) < 4.78 is 0. The van der Waals surface area contributed by atoms with Gasteiger partial charge in [-0.2, -0.15) is 5.10 Å². The van der Waals surface area contributed by atoms with E-state index in [-0.39, 0.29) is 22.3 Å². The molecule has 0 saturated carbocycles. The van der Waals surface area contributed by atoms with E-state index in [0.29, 0.717) is 5.56 Å². The number of rotatable bonds is 4. The van der Waals surface area contributed by atoms with Gasteiger partial charge in [-0.15, -0.1) is 0 Å². The number of hydrazone groups is 1. The summed E-state index contributed by atoms with van der Waals surface area (Å²) in [5, 5.41) is 22.5. The van der Waals surface area contributed by atoms with Crippen molar-refractivity contribution in [1.29, 1.82) is 0 Å². The number of phenolic OH excluding ortho intramolecular Hbond substituents is 1. The summed E-state index contributed by atoms with van der Waals surface area (Å²) in [4.78, 5) is 14.9. The molecule has 2 aromatic rings. The molecule has 0 bridgehead atoms. The average molecular weight is 292 g/mol. The number of phenols is 1. The molecule has 3 N–H and O–H groups in total. The van der Waals surface area contributed by atoms with Crippen LogP contribution < -0.4 is 5.43 Å². The minimum Gasteiger partial charge on any atom is -0.507 e. The van der Waals surface area contributed by atoms with Gasteiger partial charge in [-0.1, -0.05) is 23.7 Å². The van der Waals surface area contributed by atoms with E-state index in [4.69, 9.17) is 16.7 Å². The number of benzene rings is 1. The number of nitrogens with zero attached hydrogens (tertiary/aromatic N) is 2. The lowest BCUT2D eigenvalue weighted by Crippen LogP contribution is -2.04. The lowest BCUT2D eigenvalue weighted by atomic mass is 10.2. The molecule has 0 atom stereocenters. The molecule has 1 aromatic heterocycles. The van der Waals surface area contributed by atoms with Crippen LogP contribution in [0.1, 0.15) is 15.9 Å². The van der Waals surface area contributed by atoms with E-state index < -0.39 is 5.97 Å². The van der Waals surface area contributed by atoms with Gasteiger partial charge < -0.3 is 10.2 Å². The Morgan fingerprint density at radius 1 is 1.30 bits per heavy atom. The maximum atomic E-state index is 11.0. The van der Waals surface area contributed by atoms with Gasteiger partial charge in [0.1, 0.15) is 16.5 Å². The van der Waals surface area contributed by atoms with E-state index in [1.54, 1.807) is 18.2 Å². The van der Waals surface area contributed by atoms with Gasteiger partial charge >= 0.3 is 5.97 Å². The molecule has 0 radical (unpaired) electrons. The first-order valence-corrected chi connectivity index (χ1v) is 5.92. The summed E-state index contributed by atoms with van der Waals surface area (Å²) in [6.07, 6.45) is 1.35. The van der Waals surface area contributed by atoms with Crippen molar-refractivity contribution in [2.24, 2.45) is 5.10 Å². The number of carboxylic acids is 1. The number of nitrogens with one attached hydrogen (secondary N) is 1. The fraction of sp³-hybridized carbons (Fsp3) is 0. The van der Waals surface area contributed by atoms with E-state index in [1.165, 1.54) is 24.4 Å². The number of hydrogen-bond acceptors (Lipinski definition) is 5. The molecular formula is C13H10ClN3O3. The Bertz CT molecular complexity index is 674. The van der Waals surface area contributed by atoms with Crippen LogP contribution in [0.2, 0.25) is 5.15 Å². The zero-order valence-electron chi connectivity index (χ0n) is 10.1. The largest absolute Gasteiger partial charge is 0.507 e. The highest BCUT2D eigenvalue weighted by Gasteiger charge is 2.11. The van der Waals surface area contributed by atoms with Gasteiger partial charge in [0.25, 0.3) is 0 Å². The predicted molar refractivity (Wildman–Crippen MR) is 75.5 cm³/mol. The van der Waals surface area contributed by atoms with Gasteiger partial charge in [0.2, 0.25) is 0 Å². The number of aromatic nitrogens is 1. The number of anilines is 1. The van der Waals surface area contributed by atoms with Crippen LogP contribution in [0.4, 0.5) is 5.82 Å². The standard InChI is InChI=1S/C13H10ClN3O3/c14-11-6-5-9(13(19)20)12(16-11)17-15-7-8-3-1-2-4-10(8)18/h1-7,18H,(H,16,17)(H,19,20)/b15-7+. The monoisotopic (exact) mass is 291 g/mol. The zero-order chi connectivity index (χ0) is 14.5. The maximum Gasteiger partial charge on any atom is 0.339 e. The van der Waals surface area contributed by atoms with E-state index in [9.17, 15) is 9.90 Å². The van der Waals surface area contributed by atoms with E-state index >= 15 is 0 Å². The van der Waals surface area contributed by atoms with Crippen molar-refractivity contribution < 1.29 is 15.0 Å². The van der Waals surface area contributed by atoms with Crippen molar-refractivity contribution in [2.75, 3.05) is 5.43 Å². The van der Waals surface area contributed by atoms with Crippen LogP contribution in [-0.2, 0) is 0 Å². The summed E-state index contributed by atoms with van der Waals surface area (Å²) in [5.41, 5.74) is 2.93. The molecule has 0 aliphatic carbocycles. The minimum atomic E-state index is -1.14. The van der Waals surface area contributed by atoms with Crippen LogP contribution in [0.25, 0.3) is 0 Å². The Kier molecular flexibility index (Phi) is 4.17. The number of halogens is 1. The highest BCUT2D eigenvalue weighted by atomic mass is 35.5. The highest BCUT2D eigenvalue weighted by molar-refractivity contribution is 6.29. The lowest BCUT2D eigenvalue weighted by molar-refractivity contribution is 0.0697.